The third-order valence-corrected chi connectivity index (χ3v) is 4.55. The van der Waals surface area contributed by atoms with Gasteiger partial charge < -0.3 is 19.4 Å². The van der Waals surface area contributed by atoms with Crippen LogP contribution in [0.1, 0.15) is 33.8 Å². The number of ether oxygens (including phenoxy) is 1. The van der Waals surface area contributed by atoms with E-state index in [2.05, 4.69) is 10.3 Å². The molecule has 1 aliphatic heterocycles. The molecular weight excluding hydrogens is 341 g/mol. The average Bonchev–Trinajstić information content (AvgIpc) is 3.31. The van der Waals surface area contributed by atoms with E-state index in [1.54, 1.807) is 12.0 Å². The lowest BCUT2D eigenvalue weighted by Crippen LogP contribution is -2.51. The van der Waals surface area contributed by atoms with Gasteiger partial charge in [0.1, 0.15) is 5.82 Å². The Bertz CT molecular complexity index is 763. The zero-order valence-electron chi connectivity index (χ0n) is 14.4. The summed E-state index contributed by atoms with van der Waals surface area (Å²) in [5, 5.41) is 3.01. The summed E-state index contributed by atoms with van der Waals surface area (Å²) >= 11 is 0. The Morgan fingerprint density at radius 2 is 2.15 bits per heavy atom. The van der Waals surface area contributed by atoms with Gasteiger partial charge in [-0.2, -0.15) is 0 Å². The third-order valence-electron chi connectivity index (χ3n) is 4.55. The maximum absolute atomic E-state index is 13.1. The van der Waals surface area contributed by atoms with Gasteiger partial charge >= 0.3 is 0 Å². The number of halogens is 1. The lowest BCUT2D eigenvalue weighted by molar-refractivity contribution is 0.0721. The van der Waals surface area contributed by atoms with Crippen LogP contribution in [0.2, 0.25) is 0 Å². The third kappa shape index (κ3) is 3.91. The Balaban J connectivity index is 1.74. The van der Waals surface area contributed by atoms with Crippen LogP contribution in [0, 0.1) is 5.82 Å². The van der Waals surface area contributed by atoms with Gasteiger partial charge in [0.25, 0.3) is 11.8 Å². The van der Waals surface area contributed by atoms with E-state index < -0.39 is 11.4 Å². The predicted octanol–water partition coefficient (Wildman–Crippen LogP) is 1.86. The number of carbonyl (C=O) groups is 2. The molecule has 0 bridgehead atoms. The van der Waals surface area contributed by atoms with Crippen LogP contribution in [0.25, 0.3) is 0 Å². The molecule has 138 valence electrons. The first-order valence-corrected chi connectivity index (χ1v) is 8.28. The van der Waals surface area contributed by atoms with Crippen LogP contribution < -0.4 is 5.32 Å². The Morgan fingerprint density at radius 1 is 1.38 bits per heavy atom. The number of benzene rings is 1. The fraction of sp³-hybridized carbons (Fsp3) is 0.389. The summed E-state index contributed by atoms with van der Waals surface area (Å²) in [6, 6.07) is 5.35. The number of rotatable bonds is 6. The van der Waals surface area contributed by atoms with E-state index in [1.165, 1.54) is 36.9 Å². The van der Waals surface area contributed by atoms with Gasteiger partial charge in [0.05, 0.1) is 11.7 Å². The molecule has 0 radical (unpaired) electrons. The van der Waals surface area contributed by atoms with Crippen LogP contribution >= 0.6 is 0 Å². The summed E-state index contributed by atoms with van der Waals surface area (Å²) in [6.07, 6.45) is 3.71. The summed E-state index contributed by atoms with van der Waals surface area (Å²) in [5.41, 5.74) is -0.250. The molecule has 2 aromatic rings. The van der Waals surface area contributed by atoms with Crippen LogP contribution in [0.15, 0.2) is 41.3 Å². The number of hydrogen-bond donors (Lipinski definition) is 1. The fourth-order valence-electron chi connectivity index (χ4n) is 3.10. The molecule has 1 aromatic carbocycles. The second-order valence-corrected chi connectivity index (χ2v) is 6.33. The standard InChI is InChI=1S/C18H20FN3O4/c1-25-9-7-18(21-16(23)13-2-4-14(19)5-3-13)6-8-22(11-18)17(24)15-10-20-12-26-15/h2-5,10,12H,6-9,11H2,1H3,(H,21,23)/t18-/m1/s1. The first kappa shape index (κ1) is 18.1. The lowest BCUT2D eigenvalue weighted by atomic mass is 9.94. The molecule has 1 fully saturated rings. The van der Waals surface area contributed by atoms with Crippen molar-refractivity contribution in [1.29, 1.82) is 0 Å². The van der Waals surface area contributed by atoms with Crippen molar-refractivity contribution < 1.29 is 23.1 Å². The van der Waals surface area contributed by atoms with Crippen LogP contribution in [0.4, 0.5) is 4.39 Å². The van der Waals surface area contributed by atoms with Gasteiger partial charge in [0, 0.05) is 32.4 Å². The van der Waals surface area contributed by atoms with Gasteiger partial charge in [-0.05, 0) is 37.1 Å². The molecule has 26 heavy (non-hydrogen) atoms. The minimum Gasteiger partial charge on any atom is -0.438 e. The van der Waals surface area contributed by atoms with E-state index in [0.29, 0.717) is 38.1 Å². The van der Waals surface area contributed by atoms with Crippen molar-refractivity contribution in [2.24, 2.45) is 0 Å². The van der Waals surface area contributed by atoms with Crippen molar-refractivity contribution in [2.75, 3.05) is 26.8 Å². The Morgan fingerprint density at radius 3 is 2.81 bits per heavy atom. The molecule has 0 aliphatic carbocycles. The zero-order valence-corrected chi connectivity index (χ0v) is 14.4. The quantitative estimate of drug-likeness (QED) is 0.849. The second kappa shape index (κ2) is 7.65. The second-order valence-electron chi connectivity index (χ2n) is 6.33. The largest absolute Gasteiger partial charge is 0.438 e. The maximum atomic E-state index is 13.1. The highest BCUT2D eigenvalue weighted by Crippen LogP contribution is 2.27. The molecule has 7 nitrogen and oxygen atoms in total. The van der Waals surface area contributed by atoms with Gasteiger partial charge in [-0.15, -0.1) is 0 Å². The van der Waals surface area contributed by atoms with E-state index >= 15 is 0 Å². The Labute approximate surface area is 150 Å². The molecule has 3 rings (SSSR count). The lowest BCUT2D eigenvalue weighted by Gasteiger charge is -2.30. The van der Waals surface area contributed by atoms with Gasteiger partial charge in [-0.25, -0.2) is 9.37 Å². The van der Waals surface area contributed by atoms with Gasteiger partial charge in [-0.3, -0.25) is 9.59 Å². The summed E-state index contributed by atoms with van der Waals surface area (Å²) in [5.74, 6) is -0.814. The van der Waals surface area contributed by atoms with Crippen LogP contribution in [0.3, 0.4) is 0 Å². The van der Waals surface area contributed by atoms with Gasteiger partial charge in [0.2, 0.25) is 5.76 Å². The predicted molar refractivity (Wildman–Crippen MR) is 90.1 cm³/mol. The highest BCUT2D eigenvalue weighted by molar-refractivity contribution is 5.95. The number of amides is 2. The first-order chi connectivity index (χ1) is 12.5. The molecule has 0 unspecified atom stereocenters. The fourth-order valence-corrected chi connectivity index (χ4v) is 3.10. The zero-order chi connectivity index (χ0) is 18.6. The summed E-state index contributed by atoms with van der Waals surface area (Å²) in [6.45, 7) is 1.25. The van der Waals surface area contributed by atoms with Crippen LogP contribution in [0.5, 0.6) is 0 Å². The molecule has 0 spiro atoms. The minimum absolute atomic E-state index is 0.164. The Hall–Kier alpha value is -2.74. The van der Waals surface area contributed by atoms with Gasteiger partial charge in [-0.1, -0.05) is 0 Å². The molecule has 1 aliphatic rings. The number of nitrogens with zero attached hydrogens (tertiary/aromatic N) is 2. The van der Waals surface area contributed by atoms with E-state index in [0.717, 1.165) is 0 Å². The van der Waals surface area contributed by atoms with E-state index in [4.69, 9.17) is 9.15 Å². The van der Waals surface area contributed by atoms with Crippen molar-refractivity contribution in [3.8, 4) is 0 Å². The number of methoxy groups -OCH3 is 1. The average molecular weight is 361 g/mol. The van der Waals surface area contributed by atoms with Gasteiger partial charge in [0.15, 0.2) is 6.39 Å². The normalized spacial score (nSPS) is 19.5. The highest BCUT2D eigenvalue weighted by atomic mass is 19.1. The molecule has 1 N–H and O–H groups in total. The van der Waals surface area contributed by atoms with Crippen molar-refractivity contribution in [3.05, 3.63) is 54.0 Å². The SMILES string of the molecule is COCC[C@]1(NC(=O)c2ccc(F)cc2)CCN(C(=O)c2cnco2)C1. The smallest absolute Gasteiger partial charge is 0.291 e. The van der Waals surface area contributed by atoms with E-state index in [1.807, 2.05) is 0 Å². The van der Waals surface area contributed by atoms with Crippen LogP contribution in [-0.2, 0) is 4.74 Å². The number of hydrogen-bond acceptors (Lipinski definition) is 5. The number of likely N-dealkylation sites (tertiary alicyclic amines) is 1. The number of aromatic nitrogens is 1. The molecule has 2 heterocycles. The first-order valence-electron chi connectivity index (χ1n) is 8.28. The monoisotopic (exact) mass is 361 g/mol. The molecule has 1 aromatic heterocycles. The summed E-state index contributed by atoms with van der Waals surface area (Å²) in [7, 11) is 1.59. The van der Waals surface area contributed by atoms with Crippen molar-refractivity contribution in [3.63, 3.8) is 0 Å². The molecule has 1 saturated heterocycles. The van der Waals surface area contributed by atoms with E-state index in [9.17, 15) is 14.0 Å². The van der Waals surface area contributed by atoms with Crippen LogP contribution in [-0.4, -0.2) is 54.0 Å². The maximum Gasteiger partial charge on any atom is 0.291 e. The Kier molecular flexibility index (Phi) is 5.32. The van der Waals surface area contributed by atoms with E-state index in [-0.39, 0.29) is 17.6 Å². The minimum atomic E-state index is -0.614. The molecule has 8 heteroatoms. The molecule has 1 atom stereocenters. The summed E-state index contributed by atoms with van der Waals surface area (Å²) in [4.78, 5) is 30.4. The topological polar surface area (TPSA) is 84.7 Å². The molecular formula is C18H20FN3O4. The number of nitrogens with one attached hydrogen (secondary N) is 1. The number of carbonyl (C=O) groups excluding carboxylic acids is 2. The van der Waals surface area contributed by atoms with Crippen molar-refractivity contribution in [2.45, 2.75) is 18.4 Å². The van der Waals surface area contributed by atoms with Crippen molar-refractivity contribution >= 4 is 11.8 Å². The summed E-state index contributed by atoms with van der Waals surface area (Å²) < 4.78 is 23.3. The molecule has 0 saturated carbocycles. The number of oxazole rings is 1. The van der Waals surface area contributed by atoms with Crippen molar-refractivity contribution in [1.82, 2.24) is 15.2 Å². The highest BCUT2D eigenvalue weighted by Gasteiger charge is 2.41. The molecule has 2 amide bonds.